The number of nitrogen functional groups attached to an aromatic ring is 1. The first-order chi connectivity index (χ1) is 9.92. The SMILES string of the molecule is Nc1noc2ccc(-c3cccc(OC(F)(F)F)c3)cc12. The van der Waals surface area contributed by atoms with Crippen LogP contribution in [0.4, 0.5) is 19.0 Å². The van der Waals surface area contributed by atoms with Gasteiger partial charge in [-0.3, -0.25) is 0 Å². The molecule has 2 aromatic carbocycles. The van der Waals surface area contributed by atoms with Crippen molar-refractivity contribution in [2.75, 3.05) is 5.73 Å². The first-order valence-electron chi connectivity index (χ1n) is 5.93. The van der Waals surface area contributed by atoms with Crippen LogP contribution in [-0.4, -0.2) is 11.5 Å². The molecule has 0 aliphatic rings. The van der Waals surface area contributed by atoms with Crippen LogP contribution in [0.25, 0.3) is 22.1 Å². The van der Waals surface area contributed by atoms with Crippen molar-refractivity contribution in [2.24, 2.45) is 0 Å². The zero-order chi connectivity index (χ0) is 15.0. The number of ether oxygens (including phenoxy) is 1. The number of alkyl halides is 3. The Labute approximate surface area is 116 Å². The van der Waals surface area contributed by atoms with E-state index in [1.807, 2.05) is 0 Å². The summed E-state index contributed by atoms with van der Waals surface area (Å²) < 4.78 is 45.6. The second kappa shape index (κ2) is 4.69. The Morgan fingerprint density at radius 3 is 2.57 bits per heavy atom. The van der Waals surface area contributed by atoms with Crippen molar-refractivity contribution in [1.82, 2.24) is 5.16 Å². The minimum absolute atomic E-state index is 0.231. The lowest BCUT2D eigenvalue weighted by molar-refractivity contribution is -0.274. The normalized spacial score (nSPS) is 11.8. The van der Waals surface area contributed by atoms with E-state index in [4.69, 9.17) is 10.3 Å². The molecule has 4 nitrogen and oxygen atoms in total. The zero-order valence-corrected chi connectivity index (χ0v) is 10.5. The summed E-state index contributed by atoms with van der Waals surface area (Å²) in [5.74, 6) is -0.0482. The lowest BCUT2D eigenvalue weighted by Gasteiger charge is -2.10. The summed E-state index contributed by atoms with van der Waals surface area (Å²) in [5, 5.41) is 4.23. The number of nitrogens with two attached hydrogens (primary N) is 1. The third-order valence-electron chi connectivity index (χ3n) is 2.90. The second-order valence-electron chi connectivity index (χ2n) is 4.35. The Morgan fingerprint density at radius 2 is 1.81 bits per heavy atom. The van der Waals surface area contributed by atoms with Crippen LogP contribution >= 0.6 is 0 Å². The summed E-state index contributed by atoms with van der Waals surface area (Å²) in [6, 6.07) is 10.8. The molecule has 0 amide bonds. The predicted molar refractivity (Wildman–Crippen MR) is 70.5 cm³/mol. The molecular weight excluding hydrogens is 285 g/mol. The maximum absolute atomic E-state index is 12.2. The molecule has 2 N–H and O–H groups in total. The molecule has 0 radical (unpaired) electrons. The Kier molecular flexibility index (Phi) is 2.97. The standard InChI is InChI=1S/C14H9F3N2O2/c15-14(16,17)20-10-3-1-2-8(6-10)9-4-5-12-11(7-9)13(18)19-21-12/h1-7H,(H2,18,19). The van der Waals surface area contributed by atoms with E-state index in [2.05, 4.69) is 9.89 Å². The number of fused-ring (bicyclic) bond motifs is 1. The summed E-state index contributed by atoms with van der Waals surface area (Å²) in [5.41, 5.74) is 7.42. The van der Waals surface area contributed by atoms with Crippen molar-refractivity contribution in [3.05, 3.63) is 42.5 Å². The molecule has 108 valence electrons. The molecule has 21 heavy (non-hydrogen) atoms. The van der Waals surface area contributed by atoms with Gasteiger partial charge >= 0.3 is 6.36 Å². The molecular formula is C14H9F3N2O2. The van der Waals surface area contributed by atoms with Crippen LogP contribution in [0.3, 0.4) is 0 Å². The van der Waals surface area contributed by atoms with Crippen LogP contribution in [-0.2, 0) is 0 Å². The van der Waals surface area contributed by atoms with Gasteiger partial charge in [-0.15, -0.1) is 13.2 Å². The van der Waals surface area contributed by atoms with E-state index in [-0.39, 0.29) is 11.6 Å². The van der Waals surface area contributed by atoms with Crippen molar-refractivity contribution < 1.29 is 22.4 Å². The third-order valence-corrected chi connectivity index (χ3v) is 2.90. The summed E-state index contributed by atoms with van der Waals surface area (Å²) in [4.78, 5) is 0. The van der Waals surface area contributed by atoms with E-state index in [0.29, 0.717) is 22.1 Å². The lowest BCUT2D eigenvalue weighted by atomic mass is 10.0. The predicted octanol–water partition coefficient (Wildman–Crippen LogP) is 3.98. The van der Waals surface area contributed by atoms with Crippen LogP contribution in [0.5, 0.6) is 5.75 Å². The molecule has 3 rings (SSSR count). The van der Waals surface area contributed by atoms with E-state index in [0.717, 1.165) is 0 Å². The fourth-order valence-electron chi connectivity index (χ4n) is 2.01. The second-order valence-corrected chi connectivity index (χ2v) is 4.35. The van der Waals surface area contributed by atoms with Crippen molar-refractivity contribution in [1.29, 1.82) is 0 Å². The largest absolute Gasteiger partial charge is 0.573 e. The monoisotopic (exact) mass is 294 g/mol. The summed E-state index contributed by atoms with van der Waals surface area (Å²) in [6.07, 6.45) is -4.72. The number of aromatic nitrogens is 1. The Balaban J connectivity index is 2.01. The van der Waals surface area contributed by atoms with Crippen molar-refractivity contribution >= 4 is 16.8 Å². The molecule has 0 aliphatic heterocycles. The molecule has 0 spiro atoms. The highest BCUT2D eigenvalue weighted by Gasteiger charge is 2.31. The number of hydrogen-bond acceptors (Lipinski definition) is 4. The molecule has 3 aromatic rings. The molecule has 0 unspecified atom stereocenters. The van der Waals surface area contributed by atoms with Gasteiger partial charge in [0.1, 0.15) is 5.75 Å². The van der Waals surface area contributed by atoms with Gasteiger partial charge in [-0.2, -0.15) is 0 Å². The van der Waals surface area contributed by atoms with Gasteiger partial charge in [0.25, 0.3) is 0 Å². The topological polar surface area (TPSA) is 61.3 Å². The molecule has 7 heteroatoms. The smallest absolute Gasteiger partial charge is 0.406 e. The highest BCUT2D eigenvalue weighted by molar-refractivity contribution is 5.90. The van der Waals surface area contributed by atoms with Gasteiger partial charge in [-0.1, -0.05) is 23.4 Å². The van der Waals surface area contributed by atoms with Gasteiger partial charge in [-0.05, 0) is 35.4 Å². The molecule has 1 aromatic heterocycles. The average Bonchev–Trinajstić information content (AvgIpc) is 2.78. The minimum Gasteiger partial charge on any atom is -0.406 e. The summed E-state index contributed by atoms with van der Waals surface area (Å²) in [6.45, 7) is 0. The number of rotatable bonds is 2. The fraction of sp³-hybridized carbons (Fsp3) is 0.0714. The van der Waals surface area contributed by atoms with E-state index in [1.54, 1.807) is 24.3 Å². The van der Waals surface area contributed by atoms with Crippen LogP contribution in [0.2, 0.25) is 0 Å². The average molecular weight is 294 g/mol. The van der Waals surface area contributed by atoms with Gasteiger partial charge < -0.3 is 15.0 Å². The molecule has 0 bridgehead atoms. The Bertz CT molecular complexity index is 796. The summed E-state index contributed by atoms with van der Waals surface area (Å²) >= 11 is 0. The van der Waals surface area contributed by atoms with E-state index in [9.17, 15) is 13.2 Å². The van der Waals surface area contributed by atoms with Gasteiger partial charge in [0.05, 0.1) is 5.39 Å². The van der Waals surface area contributed by atoms with Crippen LogP contribution < -0.4 is 10.5 Å². The van der Waals surface area contributed by atoms with Gasteiger partial charge in [0.2, 0.25) is 0 Å². The van der Waals surface area contributed by atoms with E-state index >= 15 is 0 Å². The zero-order valence-electron chi connectivity index (χ0n) is 10.5. The van der Waals surface area contributed by atoms with Gasteiger partial charge in [-0.25, -0.2) is 0 Å². The van der Waals surface area contributed by atoms with Crippen LogP contribution in [0.15, 0.2) is 47.0 Å². The minimum atomic E-state index is -4.72. The first-order valence-corrected chi connectivity index (χ1v) is 5.93. The molecule has 0 saturated carbocycles. The number of halogens is 3. The van der Waals surface area contributed by atoms with Crippen LogP contribution in [0.1, 0.15) is 0 Å². The van der Waals surface area contributed by atoms with Crippen LogP contribution in [0, 0.1) is 0 Å². The third kappa shape index (κ3) is 2.76. The maximum atomic E-state index is 12.2. The van der Waals surface area contributed by atoms with Gasteiger partial charge in [0.15, 0.2) is 11.4 Å². The Morgan fingerprint density at radius 1 is 1.05 bits per heavy atom. The number of hydrogen-bond donors (Lipinski definition) is 1. The fourth-order valence-corrected chi connectivity index (χ4v) is 2.01. The Hall–Kier alpha value is -2.70. The highest BCUT2D eigenvalue weighted by Crippen LogP contribution is 2.31. The molecule has 0 fully saturated rings. The van der Waals surface area contributed by atoms with Crippen molar-refractivity contribution in [2.45, 2.75) is 6.36 Å². The lowest BCUT2D eigenvalue weighted by Crippen LogP contribution is -2.17. The molecule has 0 atom stereocenters. The van der Waals surface area contributed by atoms with E-state index in [1.165, 1.54) is 18.2 Å². The molecule has 0 saturated heterocycles. The van der Waals surface area contributed by atoms with Crippen molar-refractivity contribution in [3.63, 3.8) is 0 Å². The summed E-state index contributed by atoms with van der Waals surface area (Å²) in [7, 11) is 0. The van der Waals surface area contributed by atoms with Gasteiger partial charge in [0, 0.05) is 0 Å². The van der Waals surface area contributed by atoms with Crippen molar-refractivity contribution in [3.8, 4) is 16.9 Å². The highest BCUT2D eigenvalue weighted by atomic mass is 19.4. The van der Waals surface area contributed by atoms with E-state index < -0.39 is 6.36 Å². The molecule has 0 aliphatic carbocycles. The number of benzene rings is 2. The maximum Gasteiger partial charge on any atom is 0.573 e. The number of anilines is 1. The first kappa shape index (κ1) is 13.3. The quantitative estimate of drug-likeness (QED) is 0.776. The number of nitrogens with zero attached hydrogens (tertiary/aromatic N) is 1. The molecule has 1 heterocycles.